The summed E-state index contributed by atoms with van der Waals surface area (Å²) in [6, 6.07) is 9.66. The summed E-state index contributed by atoms with van der Waals surface area (Å²) in [5.41, 5.74) is 0.846. The Morgan fingerprint density at radius 2 is 1.71 bits per heavy atom. The number of fused-ring (bicyclic) bond motifs is 2. The van der Waals surface area contributed by atoms with Gasteiger partial charge < -0.3 is 0 Å². The average Bonchev–Trinajstić information content (AvgIpc) is 2.71. The molecule has 3 rings (SSSR count). The molecule has 0 amide bonds. The van der Waals surface area contributed by atoms with Crippen molar-refractivity contribution in [2.24, 2.45) is 23.7 Å². The number of Topliss-reactive ketones (excluding diaryl/α,β-unsaturated/α-hetero) is 1. The van der Waals surface area contributed by atoms with Gasteiger partial charge in [-0.15, -0.1) is 0 Å². The van der Waals surface area contributed by atoms with Gasteiger partial charge in [0.05, 0.1) is 0 Å². The van der Waals surface area contributed by atoms with E-state index in [-0.39, 0.29) is 5.92 Å². The predicted octanol–water partition coefficient (Wildman–Crippen LogP) is 3.49. The summed E-state index contributed by atoms with van der Waals surface area (Å²) in [6.07, 6.45) is 8.84. The van der Waals surface area contributed by atoms with E-state index in [4.69, 9.17) is 0 Å². The second kappa shape index (κ2) is 3.99. The maximum Gasteiger partial charge on any atom is 0.167 e. The summed E-state index contributed by atoms with van der Waals surface area (Å²) >= 11 is 0. The molecule has 0 saturated heterocycles. The van der Waals surface area contributed by atoms with Gasteiger partial charge in [-0.25, -0.2) is 0 Å². The molecule has 0 saturated carbocycles. The molecule has 2 aliphatic rings. The van der Waals surface area contributed by atoms with Gasteiger partial charge in [-0.2, -0.15) is 0 Å². The van der Waals surface area contributed by atoms with Gasteiger partial charge in [0, 0.05) is 17.4 Å². The number of carbonyl (C=O) groups is 1. The monoisotopic (exact) mass is 224 g/mol. The van der Waals surface area contributed by atoms with Crippen LogP contribution in [0.5, 0.6) is 0 Å². The van der Waals surface area contributed by atoms with E-state index in [1.165, 1.54) is 0 Å². The fourth-order valence-electron chi connectivity index (χ4n) is 3.02. The van der Waals surface area contributed by atoms with Gasteiger partial charge in [-0.1, -0.05) is 61.6 Å². The van der Waals surface area contributed by atoms with Crippen LogP contribution in [0.2, 0.25) is 0 Å². The zero-order valence-corrected chi connectivity index (χ0v) is 9.91. The molecule has 86 valence electrons. The number of rotatable bonds is 2. The van der Waals surface area contributed by atoms with E-state index in [0.29, 0.717) is 23.5 Å². The fourth-order valence-corrected chi connectivity index (χ4v) is 3.02. The number of hydrogen-bond donors (Lipinski definition) is 0. The highest BCUT2D eigenvalue weighted by atomic mass is 16.1. The minimum atomic E-state index is 0.123. The summed E-state index contributed by atoms with van der Waals surface area (Å²) in [6.45, 7) is 2.19. The lowest BCUT2D eigenvalue weighted by Gasteiger charge is -2.29. The summed E-state index contributed by atoms with van der Waals surface area (Å²) in [7, 11) is 0. The van der Waals surface area contributed by atoms with Gasteiger partial charge in [-0.05, 0) is 11.8 Å². The van der Waals surface area contributed by atoms with Crippen molar-refractivity contribution in [3.63, 3.8) is 0 Å². The van der Waals surface area contributed by atoms with E-state index >= 15 is 0 Å². The molecule has 1 heteroatoms. The zero-order valence-electron chi connectivity index (χ0n) is 9.91. The van der Waals surface area contributed by atoms with Crippen LogP contribution in [0.3, 0.4) is 0 Å². The van der Waals surface area contributed by atoms with Gasteiger partial charge in [-0.3, -0.25) is 4.79 Å². The van der Waals surface area contributed by atoms with Crippen molar-refractivity contribution in [1.82, 2.24) is 0 Å². The van der Waals surface area contributed by atoms with Crippen LogP contribution in [0.1, 0.15) is 17.3 Å². The molecule has 1 aromatic carbocycles. The Morgan fingerprint density at radius 3 is 2.47 bits per heavy atom. The van der Waals surface area contributed by atoms with Crippen LogP contribution >= 0.6 is 0 Å². The smallest absolute Gasteiger partial charge is 0.167 e. The number of allylic oxidation sites excluding steroid dienone is 4. The largest absolute Gasteiger partial charge is 0.294 e. The minimum absolute atomic E-state index is 0.123. The Morgan fingerprint density at radius 1 is 1.00 bits per heavy atom. The van der Waals surface area contributed by atoms with E-state index in [9.17, 15) is 4.79 Å². The van der Waals surface area contributed by atoms with Crippen molar-refractivity contribution in [2.75, 3.05) is 0 Å². The van der Waals surface area contributed by atoms with E-state index < -0.39 is 0 Å². The van der Waals surface area contributed by atoms with Gasteiger partial charge in [0.1, 0.15) is 0 Å². The van der Waals surface area contributed by atoms with Crippen LogP contribution in [0.4, 0.5) is 0 Å². The molecule has 0 heterocycles. The van der Waals surface area contributed by atoms with Gasteiger partial charge in [0.2, 0.25) is 0 Å². The summed E-state index contributed by atoms with van der Waals surface area (Å²) in [4.78, 5) is 12.5. The molecule has 0 radical (unpaired) electrons. The van der Waals surface area contributed by atoms with Gasteiger partial charge in [0.25, 0.3) is 0 Å². The molecule has 0 aliphatic heterocycles. The van der Waals surface area contributed by atoms with E-state index in [2.05, 4.69) is 31.2 Å². The Labute approximate surface area is 102 Å². The average molecular weight is 224 g/mol. The van der Waals surface area contributed by atoms with Crippen molar-refractivity contribution in [2.45, 2.75) is 6.92 Å². The van der Waals surface area contributed by atoms with Crippen LogP contribution in [-0.4, -0.2) is 5.78 Å². The van der Waals surface area contributed by atoms with Crippen molar-refractivity contribution in [1.29, 1.82) is 0 Å². The Hall–Kier alpha value is -1.63. The van der Waals surface area contributed by atoms with Crippen LogP contribution in [0.15, 0.2) is 54.6 Å². The number of ketones is 1. The zero-order chi connectivity index (χ0) is 11.8. The third-order valence-corrected chi connectivity index (χ3v) is 3.99. The molecule has 17 heavy (non-hydrogen) atoms. The maximum atomic E-state index is 12.5. The summed E-state index contributed by atoms with van der Waals surface area (Å²) < 4.78 is 0. The maximum absolute atomic E-state index is 12.5. The predicted molar refractivity (Wildman–Crippen MR) is 68.7 cm³/mol. The first-order valence-corrected chi connectivity index (χ1v) is 6.23. The van der Waals surface area contributed by atoms with Gasteiger partial charge >= 0.3 is 0 Å². The molecule has 4 atom stereocenters. The third-order valence-electron chi connectivity index (χ3n) is 3.99. The normalized spacial score (nSPS) is 33.9. The Kier molecular flexibility index (Phi) is 2.47. The number of benzene rings is 1. The lowest BCUT2D eigenvalue weighted by molar-refractivity contribution is 0.0856. The SMILES string of the molecule is CC1C=CC2C=CC1C2C(=O)c1ccccc1. The van der Waals surface area contributed by atoms with Crippen LogP contribution in [0, 0.1) is 23.7 Å². The highest BCUT2D eigenvalue weighted by Crippen LogP contribution is 2.42. The Bertz CT molecular complexity index is 484. The number of hydrogen-bond acceptors (Lipinski definition) is 1. The highest BCUT2D eigenvalue weighted by molar-refractivity contribution is 5.99. The van der Waals surface area contributed by atoms with Crippen molar-refractivity contribution >= 4 is 5.78 Å². The van der Waals surface area contributed by atoms with Crippen LogP contribution < -0.4 is 0 Å². The first kappa shape index (κ1) is 10.5. The second-order valence-electron chi connectivity index (χ2n) is 5.04. The van der Waals surface area contributed by atoms with Crippen LogP contribution in [-0.2, 0) is 0 Å². The van der Waals surface area contributed by atoms with Crippen LogP contribution in [0.25, 0.3) is 0 Å². The summed E-state index contributed by atoms with van der Waals surface area (Å²) in [5, 5.41) is 0. The molecule has 0 aromatic heterocycles. The van der Waals surface area contributed by atoms with Crippen molar-refractivity contribution < 1.29 is 4.79 Å². The molecule has 0 fully saturated rings. The van der Waals surface area contributed by atoms with E-state index in [0.717, 1.165) is 5.56 Å². The molecule has 1 nitrogen and oxygen atoms in total. The minimum Gasteiger partial charge on any atom is -0.294 e. The molecular weight excluding hydrogens is 208 g/mol. The number of carbonyl (C=O) groups excluding carboxylic acids is 1. The standard InChI is InChI=1S/C16H16O/c1-11-7-8-12-9-10-14(11)15(12)16(17)13-5-3-2-4-6-13/h2-12,14-15H,1H3. The fraction of sp³-hybridized carbons (Fsp3) is 0.312. The molecular formula is C16H16O. The lowest BCUT2D eigenvalue weighted by atomic mass is 9.73. The van der Waals surface area contributed by atoms with Crippen molar-refractivity contribution in [3.8, 4) is 0 Å². The van der Waals surface area contributed by atoms with E-state index in [1.807, 2.05) is 30.3 Å². The lowest BCUT2D eigenvalue weighted by Crippen LogP contribution is -2.30. The topological polar surface area (TPSA) is 17.1 Å². The first-order valence-electron chi connectivity index (χ1n) is 6.23. The molecule has 1 aromatic rings. The quantitative estimate of drug-likeness (QED) is 0.555. The summed E-state index contributed by atoms with van der Waals surface area (Å²) in [5.74, 6) is 1.59. The molecule has 0 spiro atoms. The third kappa shape index (κ3) is 1.66. The molecule has 2 aliphatic carbocycles. The van der Waals surface area contributed by atoms with E-state index in [1.54, 1.807) is 0 Å². The van der Waals surface area contributed by atoms with Gasteiger partial charge in [0.15, 0.2) is 5.78 Å². The Balaban J connectivity index is 1.92. The second-order valence-corrected chi connectivity index (χ2v) is 5.04. The highest BCUT2D eigenvalue weighted by Gasteiger charge is 2.40. The first-order chi connectivity index (χ1) is 8.27. The molecule has 2 bridgehead atoms. The molecule has 0 N–H and O–H groups in total. The molecule has 4 unspecified atom stereocenters. The van der Waals surface area contributed by atoms with Crippen molar-refractivity contribution in [3.05, 3.63) is 60.2 Å².